The minimum atomic E-state index is -0.214. The number of hydrogen-bond acceptors (Lipinski definition) is 6. The number of rotatable bonds is 3. The van der Waals surface area contributed by atoms with Crippen LogP contribution in [0.5, 0.6) is 0 Å². The Morgan fingerprint density at radius 1 is 1.14 bits per heavy atom. The van der Waals surface area contributed by atoms with Crippen molar-refractivity contribution < 1.29 is 4.79 Å². The third-order valence-electron chi connectivity index (χ3n) is 2.98. The molecule has 0 radical (unpaired) electrons. The lowest BCUT2D eigenvalue weighted by atomic mass is 10.3. The molecule has 0 aliphatic heterocycles. The number of carbonyl (C=O) groups is 1. The summed E-state index contributed by atoms with van der Waals surface area (Å²) in [5, 5.41) is 9.86. The fourth-order valence-electron chi connectivity index (χ4n) is 1.99. The summed E-state index contributed by atoms with van der Waals surface area (Å²) >= 11 is 3.02. The molecule has 0 aliphatic rings. The highest BCUT2D eigenvalue weighted by Gasteiger charge is 2.14. The molecule has 0 spiro atoms. The van der Waals surface area contributed by atoms with Gasteiger partial charge in [0.1, 0.15) is 11.3 Å². The Bertz CT molecular complexity index is 908. The molecule has 0 unspecified atom stereocenters. The van der Waals surface area contributed by atoms with Crippen LogP contribution in [0.25, 0.3) is 20.1 Å². The van der Waals surface area contributed by atoms with Crippen LogP contribution in [-0.4, -0.2) is 26.1 Å². The summed E-state index contributed by atoms with van der Waals surface area (Å²) in [6.45, 7) is 0. The fraction of sp³-hybridized carbons (Fsp3) is 0. The van der Waals surface area contributed by atoms with E-state index in [-0.39, 0.29) is 5.91 Å². The zero-order valence-corrected chi connectivity index (χ0v) is 12.7. The van der Waals surface area contributed by atoms with Crippen LogP contribution >= 0.6 is 22.7 Å². The van der Waals surface area contributed by atoms with Gasteiger partial charge < -0.3 is 0 Å². The number of carbonyl (C=O) groups excluding carboxylic acids is 1. The second kappa shape index (κ2) is 5.32. The second-order valence-electron chi connectivity index (χ2n) is 4.44. The normalized spacial score (nSPS) is 10.9. The van der Waals surface area contributed by atoms with E-state index in [1.807, 2.05) is 30.3 Å². The fourth-order valence-corrected chi connectivity index (χ4v) is 3.91. The lowest BCUT2D eigenvalue weighted by Crippen LogP contribution is -2.11. The van der Waals surface area contributed by atoms with E-state index in [1.54, 1.807) is 17.4 Å². The van der Waals surface area contributed by atoms with Gasteiger partial charge >= 0.3 is 0 Å². The number of nitrogens with one attached hydrogen (secondary N) is 2. The lowest BCUT2D eigenvalue weighted by Gasteiger charge is -1.96. The molecule has 1 amide bonds. The van der Waals surface area contributed by atoms with E-state index in [0.29, 0.717) is 10.8 Å². The summed E-state index contributed by atoms with van der Waals surface area (Å²) in [5.74, 6) is 0.119. The van der Waals surface area contributed by atoms with E-state index in [1.165, 1.54) is 17.7 Å². The maximum absolute atomic E-state index is 12.1. The molecule has 0 atom stereocenters. The number of thiazole rings is 1. The number of aromatic amines is 1. The molecule has 1 aromatic carbocycles. The zero-order valence-electron chi connectivity index (χ0n) is 11.1. The largest absolute Gasteiger partial charge is 0.290 e. The first-order valence-corrected chi connectivity index (χ1v) is 8.05. The van der Waals surface area contributed by atoms with Gasteiger partial charge in [-0.15, -0.1) is 22.7 Å². The first-order chi connectivity index (χ1) is 10.8. The van der Waals surface area contributed by atoms with Gasteiger partial charge in [0.2, 0.25) is 5.95 Å². The van der Waals surface area contributed by atoms with E-state index in [4.69, 9.17) is 0 Å². The predicted molar refractivity (Wildman–Crippen MR) is 87.3 cm³/mol. The van der Waals surface area contributed by atoms with Gasteiger partial charge in [-0.2, -0.15) is 10.1 Å². The van der Waals surface area contributed by atoms with Gasteiger partial charge in [0.25, 0.3) is 5.91 Å². The molecule has 4 aromatic rings. The van der Waals surface area contributed by atoms with Gasteiger partial charge in [0, 0.05) is 0 Å². The van der Waals surface area contributed by atoms with Crippen LogP contribution in [0, 0.1) is 0 Å². The molecule has 2 N–H and O–H groups in total. The smallest absolute Gasteiger partial charge is 0.268 e. The van der Waals surface area contributed by atoms with E-state index in [9.17, 15) is 4.79 Å². The molecule has 6 nitrogen and oxygen atoms in total. The third-order valence-corrected chi connectivity index (χ3v) is 5.27. The SMILES string of the molecule is O=C(Nc1ncn[nH]1)c1ccc(-c2nc3ccccc3s2)s1. The molecule has 0 saturated carbocycles. The number of benzene rings is 1. The molecule has 22 heavy (non-hydrogen) atoms. The number of H-pyrrole nitrogens is 1. The van der Waals surface area contributed by atoms with Crippen molar-refractivity contribution in [3.63, 3.8) is 0 Å². The monoisotopic (exact) mass is 327 g/mol. The Hall–Kier alpha value is -2.58. The first kappa shape index (κ1) is 13.1. The molecule has 0 fully saturated rings. The highest BCUT2D eigenvalue weighted by molar-refractivity contribution is 7.26. The van der Waals surface area contributed by atoms with Crippen LogP contribution < -0.4 is 5.32 Å². The molecule has 0 bridgehead atoms. The van der Waals surface area contributed by atoms with Crippen molar-refractivity contribution in [3.05, 3.63) is 47.6 Å². The van der Waals surface area contributed by atoms with Crippen molar-refractivity contribution in [2.45, 2.75) is 0 Å². The van der Waals surface area contributed by atoms with Crippen molar-refractivity contribution in [1.29, 1.82) is 0 Å². The van der Waals surface area contributed by atoms with Crippen molar-refractivity contribution in [1.82, 2.24) is 20.2 Å². The molecular weight excluding hydrogens is 318 g/mol. The highest BCUT2D eigenvalue weighted by Crippen LogP contribution is 2.34. The van der Waals surface area contributed by atoms with Gasteiger partial charge in [-0.3, -0.25) is 10.1 Å². The average molecular weight is 327 g/mol. The Labute approximate surface area is 132 Å². The number of thiophene rings is 1. The quantitative estimate of drug-likeness (QED) is 0.604. The number of aromatic nitrogens is 4. The van der Waals surface area contributed by atoms with E-state index in [0.717, 1.165) is 20.1 Å². The highest BCUT2D eigenvalue weighted by atomic mass is 32.1. The average Bonchev–Trinajstić information content (AvgIpc) is 3.26. The van der Waals surface area contributed by atoms with Gasteiger partial charge in [-0.05, 0) is 24.3 Å². The molecule has 108 valence electrons. The Morgan fingerprint density at radius 2 is 2.05 bits per heavy atom. The summed E-state index contributed by atoms with van der Waals surface area (Å²) in [5.41, 5.74) is 0.976. The van der Waals surface area contributed by atoms with Crippen LogP contribution in [0.1, 0.15) is 9.67 Å². The maximum Gasteiger partial charge on any atom is 0.268 e. The second-order valence-corrected chi connectivity index (χ2v) is 6.55. The van der Waals surface area contributed by atoms with Crippen molar-refractivity contribution >= 4 is 44.7 Å². The van der Waals surface area contributed by atoms with Crippen molar-refractivity contribution in [3.8, 4) is 9.88 Å². The predicted octanol–water partition coefficient (Wildman–Crippen LogP) is 3.40. The number of amides is 1. The Balaban J connectivity index is 1.62. The van der Waals surface area contributed by atoms with Crippen molar-refractivity contribution in [2.24, 2.45) is 0 Å². The summed E-state index contributed by atoms with van der Waals surface area (Å²) in [4.78, 5) is 22.2. The van der Waals surface area contributed by atoms with Crippen LogP contribution in [0.2, 0.25) is 0 Å². The summed E-state index contributed by atoms with van der Waals surface area (Å²) < 4.78 is 1.14. The topological polar surface area (TPSA) is 83.6 Å². The Morgan fingerprint density at radius 3 is 2.86 bits per heavy atom. The minimum absolute atomic E-state index is 0.214. The molecule has 3 aromatic heterocycles. The van der Waals surface area contributed by atoms with Crippen LogP contribution in [0.15, 0.2) is 42.7 Å². The summed E-state index contributed by atoms with van der Waals surface area (Å²) in [6, 6.07) is 11.7. The third kappa shape index (κ3) is 2.38. The molecule has 0 saturated heterocycles. The van der Waals surface area contributed by atoms with Crippen LogP contribution in [0.4, 0.5) is 5.95 Å². The maximum atomic E-state index is 12.1. The van der Waals surface area contributed by atoms with E-state index < -0.39 is 0 Å². The number of anilines is 1. The van der Waals surface area contributed by atoms with Gasteiger partial charge in [-0.1, -0.05) is 12.1 Å². The van der Waals surface area contributed by atoms with Crippen LogP contribution in [-0.2, 0) is 0 Å². The molecule has 8 heteroatoms. The molecule has 4 rings (SSSR count). The molecule has 0 aliphatic carbocycles. The first-order valence-electron chi connectivity index (χ1n) is 6.42. The zero-order chi connectivity index (χ0) is 14.9. The minimum Gasteiger partial charge on any atom is -0.290 e. The number of para-hydroxylation sites is 1. The Kier molecular flexibility index (Phi) is 3.17. The van der Waals surface area contributed by atoms with Gasteiger partial charge in [-0.25, -0.2) is 10.1 Å². The molecular formula is C14H9N5OS2. The lowest BCUT2D eigenvalue weighted by molar-refractivity contribution is 0.102. The van der Waals surface area contributed by atoms with Crippen LogP contribution in [0.3, 0.4) is 0 Å². The molecule has 3 heterocycles. The number of fused-ring (bicyclic) bond motifs is 1. The summed E-state index contributed by atoms with van der Waals surface area (Å²) in [6.07, 6.45) is 1.34. The van der Waals surface area contributed by atoms with Gasteiger partial charge in [0.05, 0.1) is 20.0 Å². The standard InChI is InChI=1S/C14H9N5OS2/c20-12(18-14-15-7-16-19-14)10-5-6-11(21-10)13-17-8-3-1-2-4-9(8)22-13/h1-7H,(H2,15,16,18,19,20). The number of nitrogens with zero attached hydrogens (tertiary/aromatic N) is 3. The van der Waals surface area contributed by atoms with E-state index >= 15 is 0 Å². The summed E-state index contributed by atoms with van der Waals surface area (Å²) in [7, 11) is 0. The van der Waals surface area contributed by atoms with E-state index in [2.05, 4.69) is 25.5 Å². The van der Waals surface area contributed by atoms with Gasteiger partial charge in [0.15, 0.2) is 0 Å². The van der Waals surface area contributed by atoms with Crippen molar-refractivity contribution in [2.75, 3.05) is 5.32 Å². The number of hydrogen-bond donors (Lipinski definition) is 2.